The van der Waals surface area contributed by atoms with Gasteiger partial charge in [-0.3, -0.25) is 0 Å². The number of piperazine rings is 1. The van der Waals surface area contributed by atoms with E-state index in [2.05, 4.69) is 20.2 Å². The van der Waals surface area contributed by atoms with Crippen molar-refractivity contribution in [1.29, 1.82) is 0 Å². The first-order valence-corrected chi connectivity index (χ1v) is 7.70. The zero-order valence-corrected chi connectivity index (χ0v) is 14.1. The van der Waals surface area contributed by atoms with Crippen LogP contribution in [-0.4, -0.2) is 37.7 Å². The zero-order chi connectivity index (χ0) is 17.0. The molecule has 23 heavy (non-hydrogen) atoms. The number of rotatable bonds is 3. The molecule has 7 nitrogen and oxygen atoms in total. The second kappa shape index (κ2) is 6.89. The van der Waals surface area contributed by atoms with Crippen molar-refractivity contribution >= 4 is 17.3 Å². The molecule has 0 amide bonds. The molecule has 1 aromatic rings. The van der Waals surface area contributed by atoms with Gasteiger partial charge in [-0.2, -0.15) is 0 Å². The predicted octanol–water partition coefficient (Wildman–Crippen LogP) is 3.30. The van der Waals surface area contributed by atoms with Crippen molar-refractivity contribution in [2.45, 2.75) is 33.3 Å². The van der Waals surface area contributed by atoms with Crippen LogP contribution in [0.1, 0.15) is 36.7 Å². The molecule has 0 aromatic heterocycles. The first-order valence-electron chi connectivity index (χ1n) is 7.70. The summed E-state index contributed by atoms with van der Waals surface area (Å²) in [5, 5.41) is 7.03. The van der Waals surface area contributed by atoms with Crippen LogP contribution in [0.5, 0.6) is 0 Å². The predicted molar refractivity (Wildman–Crippen MR) is 90.2 cm³/mol. The molecule has 1 aliphatic heterocycles. The van der Waals surface area contributed by atoms with Crippen LogP contribution in [0.3, 0.4) is 0 Å². The summed E-state index contributed by atoms with van der Waals surface area (Å²) in [5.74, 6) is -0.414. The molecule has 0 bridgehead atoms. The summed E-state index contributed by atoms with van der Waals surface area (Å²) in [4.78, 5) is 17.4. The van der Waals surface area contributed by atoms with Crippen LogP contribution in [0.15, 0.2) is 17.2 Å². The number of hydrogen-bond acceptors (Lipinski definition) is 5. The fourth-order valence-electron chi connectivity index (χ4n) is 2.53. The van der Waals surface area contributed by atoms with Crippen LogP contribution in [-0.2, 0) is 4.74 Å². The fourth-order valence-corrected chi connectivity index (χ4v) is 2.53. The molecule has 0 unspecified atom stereocenters. The first-order chi connectivity index (χ1) is 10.8. The van der Waals surface area contributed by atoms with E-state index in [0.717, 1.165) is 37.4 Å². The maximum Gasteiger partial charge on any atom is 0.338 e. The number of hydrogen-bond donors (Lipinski definition) is 1. The van der Waals surface area contributed by atoms with Crippen LogP contribution >= 0.6 is 0 Å². The minimum Gasteiger partial charge on any atom is -0.456 e. The van der Waals surface area contributed by atoms with E-state index in [9.17, 15) is 4.79 Å². The van der Waals surface area contributed by atoms with E-state index in [-0.39, 0.29) is 0 Å². The Bertz CT molecular complexity index is 639. The Morgan fingerprint density at radius 2 is 2.00 bits per heavy atom. The van der Waals surface area contributed by atoms with E-state index in [1.54, 1.807) is 6.07 Å². The number of ether oxygens (including phenoxy) is 1. The summed E-state index contributed by atoms with van der Waals surface area (Å²) in [6, 6.07) is 3.42. The van der Waals surface area contributed by atoms with Crippen molar-refractivity contribution in [3.63, 3.8) is 0 Å². The maximum absolute atomic E-state index is 12.4. The third-order valence-corrected chi connectivity index (χ3v) is 3.60. The summed E-state index contributed by atoms with van der Waals surface area (Å²) < 4.78 is 5.43. The number of nitrogens with zero attached hydrogens (tertiary/aromatic N) is 4. The van der Waals surface area contributed by atoms with E-state index < -0.39 is 11.6 Å². The number of azide groups is 1. The van der Waals surface area contributed by atoms with Gasteiger partial charge in [-0.1, -0.05) is 5.11 Å². The van der Waals surface area contributed by atoms with Crippen LogP contribution in [0, 0.1) is 6.92 Å². The van der Waals surface area contributed by atoms with Crippen molar-refractivity contribution in [2.24, 2.45) is 5.11 Å². The lowest BCUT2D eigenvalue weighted by Crippen LogP contribution is -2.43. The number of anilines is 1. The van der Waals surface area contributed by atoms with Gasteiger partial charge >= 0.3 is 5.97 Å². The van der Waals surface area contributed by atoms with Crippen molar-refractivity contribution < 1.29 is 9.53 Å². The zero-order valence-electron chi connectivity index (χ0n) is 14.1. The Morgan fingerprint density at radius 1 is 1.35 bits per heavy atom. The molecule has 0 radical (unpaired) electrons. The third kappa shape index (κ3) is 4.37. The highest BCUT2D eigenvalue weighted by Crippen LogP contribution is 2.32. The van der Waals surface area contributed by atoms with Gasteiger partial charge in [0.15, 0.2) is 0 Å². The molecule has 1 aromatic carbocycles. The van der Waals surface area contributed by atoms with Gasteiger partial charge in [0.25, 0.3) is 0 Å². The van der Waals surface area contributed by atoms with Gasteiger partial charge in [-0.15, -0.1) is 0 Å². The van der Waals surface area contributed by atoms with E-state index >= 15 is 0 Å². The molecule has 2 rings (SSSR count). The van der Waals surface area contributed by atoms with E-state index in [1.165, 1.54) is 0 Å². The van der Waals surface area contributed by atoms with Crippen LogP contribution in [0.25, 0.3) is 10.4 Å². The molecule has 7 heteroatoms. The molecule has 0 aliphatic carbocycles. The molecule has 1 fully saturated rings. The third-order valence-electron chi connectivity index (χ3n) is 3.60. The molecular weight excluding hydrogens is 294 g/mol. The van der Waals surface area contributed by atoms with E-state index in [0.29, 0.717) is 11.3 Å². The maximum atomic E-state index is 12.4. The Labute approximate surface area is 136 Å². The lowest BCUT2D eigenvalue weighted by atomic mass is 10.1. The summed E-state index contributed by atoms with van der Waals surface area (Å²) in [5.41, 5.74) is 10.9. The molecule has 0 atom stereocenters. The number of benzene rings is 1. The normalized spacial score (nSPS) is 15.0. The van der Waals surface area contributed by atoms with Gasteiger partial charge in [0.05, 0.1) is 5.56 Å². The molecule has 0 saturated carbocycles. The Kier molecular flexibility index (Phi) is 5.13. The van der Waals surface area contributed by atoms with Crippen LogP contribution in [0.4, 0.5) is 11.4 Å². The number of carbonyl (C=O) groups is 1. The minimum atomic E-state index is -0.574. The lowest BCUT2D eigenvalue weighted by molar-refractivity contribution is 0.00696. The smallest absolute Gasteiger partial charge is 0.338 e. The van der Waals surface area contributed by atoms with Gasteiger partial charge < -0.3 is 15.0 Å². The number of carbonyl (C=O) groups excluding carboxylic acids is 1. The monoisotopic (exact) mass is 317 g/mol. The van der Waals surface area contributed by atoms with Gasteiger partial charge in [-0.05, 0) is 50.9 Å². The second-order valence-electron chi connectivity index (χ2n) is 6.57. The van der Waals surface area contributed by atoms with Crippen LogP contribution < -0.4 is 10.2 Å². The highest BCUT2D eigenvalue weighted by atomic mass is 16.6. The molecule has 124 valence electrons. The van der Waals surface area contributed by atoms with Gasteiger partial charge in [-0.25, -0.2) is 4.79 Å². The van der Waals surface area contributed by atoms with Gasteiger partial charge in [0.1, 0.15) is 5.60 Å². The van der Waals surface area contributed by atoms with Gasteiger partial charge in [0, 0.05) is 42.5 Å². The summed E-state index contributed by atoms with van der Waals surface area (Å²) in [6.45, 7) is 10.8. The summed E-state index contributed by atoms with van der Waals surface area (Å²) >= 11 is 0. The summed E-state index contributed by atoms with van der Waals surface area (Å²) in [6.07, 6.45) is 0. The average molecular weight is 317 g/mol. The van der Waals surface area contributed by atoms with E-state index in [1.807, 2.05) is 33.8 Å². The van der Waals surface area contributed by atoms with Crippen molar-refractivity contribution in [1.82, 2.24) is 5.32 Å². The fraction of sp³-hybridized carbons (Fsp3) is 0.562. The number of esters is 1. The molecule has 0 spiro atoms. The Morgan fingerprint density at radius 3 is 2.57 bits per heavy atom. The van der Waals surface area contributed by atoms with Gasteiger partial charge in [0.2, 0.25) is 0 Å². The lowest BCUT2D eigenvalue weighted by Gasteiger charge is -2.31. The van der Waals surface area contributed by atoms with Crippen molar-refractivity contribution in [2.75, 3.05) is 31.1 Å². The van der Waals surface area contributed by atoms with E-state index in [4.69, 9.17) is 10.3 Å². The minimum absolute atomic E-state index is 0.404. The molecule has 1 N–H and O–H groups in total. The average Bonchev–Trinajstić information content (AvgIpc) is 2.48. The molecular formula is C16H23N5O2. The highest BCUT2D eigenvalue weighted by molar-refractivity contribution is 5.93. The quantitative estimate of drug-likeness (QED) is 0.401. The largest absolute Gasteiger partial charge is 0.456 e. The molecule has 1 heterocycles. The second-order valence-corrected chi connectivity index (χ2v) is 6.57. The Balaban J connectivity index is 2.44. The first kappa shape index (κ1) is 17.1. The standard InChI is InChI=1S/C16H23N5O2/c1-11-13(19-20-17)9-12(15(22)23-16(2,3)4)10-14(11)21-7-5-18-6-8-21/h9-10,18H,5-8H2,1-4H3. The van der Waals surface area contributed by atoms with Crippen LogP contribution in [0.2, 0.25) is 0 Å². The highest BCUT2D eigenvalue weighted by Gasteiger charge is 2.22. The van der Waals surface area contributed by atoms with Crippen molar-refractivity contribution in [3.8, 4) is 0 Å². The SMILES string of the molecule is Cc1c(N=[N+]=[N-])cc(C(=O)OC(C)(C)C)cc1N1CCNCC1. The molecule has 1 aliphatic rings. The summed E-state index contributed by atoms with van der Waals surface area (Å²) in [7, 11) is 0. The topological polar surface area (TPSA) is 90.3 Å². The Hall–Kier alpha value is -2.24. The number of nitrogens with one attached hydrogen (secondary N) is 1. The van der Waals surface area contributed by atoms with Crippen molar-refractivity contribution in [3.05, 3.63) is 33.7 Å². The molecule has 1 saturated heterocycles.